The van der Waals surface area contributed by atoms with Crippen molar-refractivity contribution in [3.63, 3.8) is 0 Å². The lowest BCUT2D eigenvalue weighted by atomic mass is 9.83. The van der Waals surface area contributed by atoms with E-state index >= 15 is 0 Å². The molecule has 0 aliphatic heterocycles. The monoisotopic (exact) mass is 574 g/mol. The van der Waals surface area contributed by atoms with Gasteiger partial charge in [-0.2, -0.15) is 0 Å². The molecule has 8 heteroatoms. The molecule has 0 aromatic carbocycles. The fourth-order valence-electron chi connectivity index (χ4n) is 5.25. The molecule has 0 saturated heterocycles. The Hall–Kier alpha value is -2.71. The lowest BCUT2D eigenvalue weighted by Crippen LogP contribution is -2.25. The fourth-order valence-corrected chi connectivity index (χ4v) is 5.25. The van der Waals surface area contributed by atoms with E-state index in [0.717, 1.165) is 51.4 Å². The van der Waals surface area contributed by atoms with Crippen molar-refractivity contribution < 1.29 is 38.8 Å². The normalized spacial score (nSPS) is 20.3. The zero-order chi connectivity index (χ0) is 30.0. The molecule has 1 unspecified atom stereocenters. The summed E-state index contributed by atoms with van der Waals surface area (Å²) in [5.41, 5.74) is 0.620. The third-order valence-corrected chi connectivity index (χ3v) is 8.00. The van der Waals surface area contributed by atoms with Crippen LogP contribution in [-0.2, 0) is 28.6 Å². The van der Waals surface area contributed by atoms with E-state index in [1.165, 1.54) is 25.7 Å². The van der Waals surface area contributed by atoms with E-state index < -0.39 is 25.2 Å². The number of esters is 3. The first-order valence-corrected chi connectivity index (χ1v) is 15.3. The number of ether oxygens (including phenoxy) is 3. The molecule has 0 aromatic rings. The molecule has 0 spiro atoms. The number of rotatable bonds is 19. The summed E-state index contributed by atoms with van der Waals surface area (Å²) in [5, 5.41) is 18.1. The average molecular weight is 575 g/mol. The maximum Gasteiger partial charge on any atom is 0.338 e. The molecule has 2 aliphatic rings. The minimum absolute atomic E-state index is 0.0218. The van der Waals surface area contributed by atoms with Crippen LogP contribution in [0.2, 0.25) is 0 Å². The molecule has 2 N–H and O–H groups in total. The predicted octanol–water partition coefficient (Wildman–Crippen LogP) is 5.53. The second-order valence-electron chi connectivity index (χ2n) is 11.4. The van der Waals surface area contributed by atoms with Gasteiger partial charge in [0.2, 0.25) is 0 Å². The van der Waals surface area contributed by atoms with Crippen LogP contribution >= 0.6 is 0 Å². The van der Waals surface area contributed by atoms with Crippen LogP contribution in [0.5, 0.6) is 0 Å². The number of hydrogen-bond donors (Lipinski definition) is 2. The van der Waals surface area contributed by atoms with Crippen LogP contribution in [0.25, 0.3) is 0 Å². The Labute approximate surface area is 245 Å². The molecule has 1 atom stereocenters. The topological polar surface area (TPSA) is 119 Å². The summed E-state index contributed by atoms with van der Waals surface area (Å²) >= 11 is 0. The first-order valence-electron chi connectivity index (χ1n) is 15.3. The van der Waals surface area contributed by atoms with Gasteiger partial charge in [0.25, 0.3) is 0 Å². The summed E-state index contributed by atoms with van der Waals surface area (Å²) in [6.07, 6.45) is 19.3. The molecule has 0 bridgehead atoms. The van der Waals surface area contributed by atoms with E-state index in [-0.39, 0.29) is 42.4 Å². The van der Waals surface area contributed by atoms with Gasteiger partial charge >= 0.3 is 17.9 Å². The highest BCUT2D eigenvalue weighted by molar-refractivity contribution is 5.92. The van der Waals surface area contributed by atoms with E-state index in [4.69, 9.17) is 24.4 Å². The molecule has 8 nitrogen and oxygen atoms in total. The van der Waals surface area contributed by atoms with Crippen molar-refractivity contribution in [3.8, 4) is 0 Å². The standard InChI is InChI=1S/C33H50O8/c1-4-5-6-9-26-12-16-29(17-13-26)33(38)41-30-18-14-27(15-19-30)10-7-8-11-28(22-39-31(36)24(2)20-34)23-40-32(37)25(3)21-35/h12,16-17,26-28,30,34-35H,2-11,13-15,18-23H2,1H3. The summed E-state index contributed by atoms with van der Waals surface area (Å²) < 4.78 is 16.3. The largest absolute Gasteiger partial charge is 0.462 e. The van der Waals surface area contributed by atoms with Gasteiger partial charge in [-0.25, -0.2) is 14.4 Å². The van der Waals surface area contributed by atoms with Crippen molar-refractivity contribution in [2.45, 2.75) is 96.5 Å². The van der Waals surface area contributed by atoms with Crippen LogP contribution in [0, 0.1) is 17.8 Å². The molecule has 1 saturated carbocycles. The zero-order valence-corrected chi connectivity index (χ0v) is 24.8. The zero-order valence-electron chi connectivity index (χ0n) is 24.8. The van der Waals surface area contributed by atoms with Crippen LogP contribution in [0.15, 0.2) is 48.1 Å². The highest BCUT2D eigenvalue weighted by Crippen LogP contribution is 2.31. The van der Waals surface area contributed by atoms with Crippen molar-refractivity contribution in [2.75, 3.05) is 26.4 Å². The molecule has 0 aromatic heterocycles. The molecule has 0 amide bonds. The molecule has 0 radical (unpaired) electrons. The van der Waals surface area contributed by atoms with Gasteiger partial charge in [-0.05, 0) is 56.8 Å². The Balaban J connectivity index is 1.68. The van der Waals surface area contributed by atoms with Crippen molar-refractivity contribution >= 4 is 17.9 Å². The number of allylic oxidation sites excluding steroid dienone is 2. The lowest BCUT2D eigenvalue weighted by Gasteiger charge is -2.29. The Morgan fingerprint density at radius 1 is 0.902 bits per heavy atom. The molecule has 2 aliphatic carbocycles. The first-order chi connectivity index (χ1) is 19.8. The van der Waals surface area contributed by atoms with Crippen molar-refractivity contribution in [1.29, 1.82) is 0 Å². The Kier molecular flexibility index (Phi) is 16.3. The highest BCUT2D eigenvalue weighted by Gasteiger charge is 2.25. The molecule has 1 fully saturated rings. The van der Waals surface area contributed by atoms with E-state index in [0.29, 0.717) is 23.8 Å². The first kappa shape index (κ1) is 34.5. The van der Waals surface area contributed by atoms with E-state index in [1.54, 1.807) is 0 Å². The average Bonchev–Trinajstić information content (AvgIpc) is 3.00. The third kappa shape index (κ3) is 13.2. The maximum absolute atomic E-state index is 12.7. The van der Waals surface area contributed by atoms with Crippen LogP contribution in [0.4, 0.5) is 0 Å². The van der Waals surface area contributed by atoms with Crippen LogP contribution in [0.3, 0.4) is 0 Å². The van der Waals surface area contributed by atoms with Gasteiger partial charge in [0.15, 0.2) is 0 Å². The Morgan fingerprint density at radius 2 is 1.51 bits per heavy atom. The second-order valence-corrected chi connectivity index (χ2v) is 11.4. The summed E-state index contributed by atoms with van der Waals surface area (Å²) in [4.78, 5) is 36.4. The molecular formula is C33H50O8. The second kappa shape index (κ2) is 19.4. The number of carbonyl (C=O) groups is 3. The van der Waals surface area contributed by atoms with E-state index in [9.17, 15) is 14.4 Å². The van der Waals surface area contributed by atoms with Gasteiger partial charge in [-0.15, -0.1) is 0 Å². The SMILES string of the molecule is C=C(CO)C(=O)OCC(CCCCC1CCC(OC(=O)C2=CCC(CCCCC)C=C2)CC1)COC(=O)C(=C)CO. The minimum Gasteiger partial charge on any atom is -0.462 e. The number of aliphatic hydroxyl groups is 2. The van der Waals surface area contributed by atoms with Crippen molar-refractivity contribution in [2.24, 2.45) is 17.8 Å². The molecule has 2 rings (SSSR count). The number of unbranched alkanes of at least 4 members (excludes halogenated alkanes) is 3. The minimum atomic E-state index is -0.677. The third-order valence-electron chi connectivity index (χ3n) is 8.00. The smallest absolute Gasteiger partial charge is 0.338 e. The number of aliphatic hydroxyl groups excluding tert-OH is 2. The maximum atomic E-state index is 12.7. The molecule has 230 valence electrons. The van der Waals surface area contributed by atoms with Gasteiger partial charge in [0, 0.05) is 5.92 Å². The van der Waals surface area contributed by atoms with E-state index in [1.807, 2.05) is 12.2 Å². The fraction of sp³-hybridized carbons (Fsp3) is 0.667. The molecular weight excluding hydrogens is 524 g/mol. The van der Waals surface area contributed by atoms with E-state index in [2.05, 4.69) is 26.2 Å². The van der Waals surface area contributed by atoms with Gasteiger partial charge in [-0.1, -0.05) is 76.8 Å². The molecule has 41 heavy (non-hydrogen) atoms. The van der Waals surface area contributed by atoms with Gasteiger partial charge in [0.05, 0.1) is 43.1 Å². The van der Waals surface area contributed by atoms with Crippen molar-refractivity contribution in [1.82, 2.24) is 0 Å². The summed E-state index contributed by atoms with van der Waals surface area (Å²) in [7, 11) is 0. The van der Waals surface area contributed by atoms with Gasteiger partial charge in [-0.3, -0.25) is 0 Å². The molecule has 0 heterocycles. The van der Waals surface area contributed by atoms with Crippen LogP contribution in [0.1, 0.15) is 90.4 Å². The van der Waals surface area contributed by atoms with Gasteiger partial charge < -0.3 is 24.4 Å². The van der Waals surface area contributed by atoms with Crippen LogP contribution < -0.4 is 0 Å². The van der Waals surface area contributed by atoms with Gasteiger partial charge in [0.1, 0.15) is 6.10 Å². The van der Waals surface area contributed by atoms with Crippen molar-refractivity contribution in [3.05, 3.63) is 48.1 Å². The number of hydrogen-bond acceptors (Lipinski definition) is 8. The summed E-state index contributed by atoms with van der Waals surface area (Å²) in [6.45, 7) is 8.25. The summed E-state index contributed by atoms with van der Waals surface area (Å²) in [6, 6.07) is 0. The Bertz CT molecular complexity index is 894. The highest BCUT2D eigenvalue weighted by atomic mass is 16.6. The Morgan fingerprint density at radius 3 is 2.05 bits per heavy atom. The summed E-state index contributed by atoms with van der Waals surface area (Å²) in [5.74, 6) is -0.657. The quantitative estimate of drug-likeness (QED) is 0.0894. The predicted molar refractivity (Wildman–Crippen MR) is 158 cm³/mol. The van der Waals surface area contributed by atoms with Crippen LogP contribution in [-0.4, -0.2) is 60.7 Å². The number of carbonyl (C=O) groups excluding carboxylic acids is 3. The lowest BCUT2D eigenvalue weighted by molar-refractivity contribution is -0.146.